The van der Waals surface area contributed by atoms with Gasteiger partial charge < -0.3 is 5.11 Å². The number of benzene rings is 1. The van der Waals surface area contributed by atoms with E-state index < -0.39 is 10.0 Å². The smallest absolute Gasteiger partial charge is 0.243 e. The molecule has 118 valence electrons. The van der Waals surface area contributed by atoms with Crippen LogP contribution in [0.4, 0.5) is 0 Å². The number of aliphatic hydroxyl groups excluding tert-OH is 1. The van der Waals surface area contributed by atoms with Crippen molar-refractivity contribution in [3.8, 4) is 0 Å². The van der Waals surface area contributed by atoms with Gasteiger partial charge in [0.2, 0.25) is 10.0 Å². The van der Waals surface area contributed by atoms with Crippen LogP contribution in [-0.2, 0) is 10.0 Å². The molecule has 0 unspecified atom stereocenters. The van der Waals surface area contributed by atoms with Crippen molar-refractivity contribution < 1.29 is 13.5 Å². The average Bonchev–Trinajstić information content (AvgIpc) is 2.48. The van der Waals surface area contributed by atoms with Gasteiger partial charge in [0.15, 0.2) is 0 Å². The molecule has 4 nitrogen and oxygen atoms in total. The van der Waals surface area contributed by atoms with Gasteiger partial charge in [0.05, 0.1) is 16.5 Å². The summed E-state index contributed by atoms with van der Waals surface area (Å²) in [6, 6.07) is 4.57. The molecule has 7 heteroatoms. The highest BCUT2D eigenvalue weighted by Crippen LogP contribution is 2.30. The third-order valence-corrected chi connectivity index (χ3v) is 6.96. The van der Waals surface area contributed by atoms with Crippen molar-refractivity contribution in [2.75, 3.05) is 13.2 Å². The number of nitrogens with zero attached hydrogens (tertiary/aromatic N) is 1. The van der Waals surface area contributed by atoms with E-state index in [1.165, 1.54) is 16.4 Å². The average molecular weight is 397 g/mol. The van der Waals surface area contributed by atoms with Crippen molar-refractivity contribution in [2.24, 2.45) is 0 Å². The van der Waals surface area contributed by atoms with Gasteiger partial charge in [0.25, 0.3) is 0 Å². The minimum atomic E-state index is -3.62. The van der Waals surface area contributed by atoms with Crippen LogP contribution in [0.2, 0.25) is 5.02 Å². The van der Waals surface area contributed by atoms with E-state index in [0.717, 1.165) is 32.1 Å². The van der Waals surface area contributed by atoms with Gasteiger partial charge in [-0.1, -0.05) is 30.9 Å². The van der Waals surface area contributed by atoms with Gasteiger partial charge in [-0.05, 0) is 47.0 Å². The zero-order valence-electron chi connectivity index (χ0n) is 11.6. The predicted molar refractivity (Wildman–Crippen MR) is 87.0 cm³/mol. The molecule has 0 spiro atoms. The zero-order chi connectivity index (χ0) is 15.5. The molecule has 1 aliphatic rings. The zero-order valence-corrected chi connectivity index (χ0v) is 14.8. The normalized spacial score (nSPS) is 17.3. The van der Waals surface area contributed by atoms with E-state index in [-0.39, 0.29) is 24.1 Å². The van der Waals surface area contributed by atoms with Crippen molar-refractivity contribution in [2.45, 2.75) is 43.0 Å². The lowest BCUT2D eigenvalue weighted by atomic mass is 9.95. The molecule has 1 aromatic rings. The van der Waals surface area contributed by atoms with Crippen molar-refractivity contribution >= 4 is 37.6 Å². The van der Waals surface area contributed by atoms with Gasteiger partial charge >= 0.3 is 0 Å². The maximum Gasteiger partial charge on any atom is 0.243 e. The molecule has 0 aliphatic heterocycles. The Balaban J connectivity index is 2.34. The Morgan fingerprint density at radius 3 is 2.52 bits per heavy atom. The Morgan fingerprint density at radius 1 is 1.29 bits per heavy atom. The third-order valence-electron chi connectivity index (χ3n) is 3.80. The molecule has 1 fully saturated rings. The van der Waals surface area contributed by atoms with Crippen LogP contribution in [0.15, 0.2) is 27.6 Å². The van der Waals surface area contributed by atoms with Crippen molar-refractivity contribution in [3.05, 3.63) is 27.7 Å². The first-order valence-corrected chi connectivity index (χ1v) is 9.65. The molecule has 0 radical (unpaired) electrons. The summed E-state index contributed by atoms with van der Waals surface area (Å²) in [6.45, 7) is -0.0439. The topological polar surface area (TPSA) is 57.6 Å². The monoisotopic (exact) mass is 395 g/mol. The summed E-state index contributed by atoms with van der Waals surface area (Å²) in [4.78, 5) is 0.206. The fourth-order valence-electron chi connectivity index (χ4n) is 2.74. The first kappa shape index (κ1) is 17.2. The van der Waals surface area contributed by atoms with Crippen LogP contribution in [0.1, 0.15) is 32.1 Å². The molecule has 0 amide bonds. The first-order chi connectivity index (χ1) is 9.96. The number of aliphatic hydroxyl groups is 1. The van der Waals surface area contributed by atoms with E-state index in [0.29, 0.717) is 9.50 Å². The molecule has 1 saturated carbocycles. The van der Waals surface area contributed by atoms with Crippen LogP contribution in [0.3, 0.4) is 0 Å². The molecule has 0 atom stereocenters. The van der Waals surface area contributed by atoms with Crippen LogP contribution in [0, 0.1) is 0 Å². The van der Waals surface area contributed by atoms with Crippen molar-refractivity contribution in [1.29, 1.82) is 0 Å². The molecule has 1 aliphatic carbocycles. The van der Waals surface area contributed by atoms with Crippen molar-refractivity contribution in [3.63, 3.8) is 0 Å². The molecule has 1 N–H and O–H groups in total. The molecule has 0 saturated heterocycles. The summed E-state index contributed by atoms with van der Waals surface area (Å²) >= 11 is 9.18. The quantitative estimate of drug-likeness (QED) is 0.829. The maximum atomic E-state index is 12.8. The van der Waals surface area contributed by atoms with E-state index in [2.05, 4.69) is 15.9 Å². The fraction of sp³-hybridized carbons (Fsp3) is 0.571. The van der Waals surface area contributed by atoms with Gasteiger partial charge in [-0.25, -0.2) is 8.42 Å². The molecular weight excluding hydrogens is 378 g/mol. The number of hydrogen-bond acceptors (Lipinski definition) is 3. The number of rotatable bonds is 5. The lowest BCUT2D eigenvalue weighted by Gasteiger charge is -2.33. The van der Waals surface area contributed by atoms with E-state index >= 15 is 0 Å². The largest absolute Gasteiger partial charge is 0.395 e. The molecule has 0 aromatic heterocycles. The number of sulfonamides is 1. The Bertz CT molecular complexity index is 588. The van der Waals surface area contributed by atoms with Crippen LogP contribution in [0.25, 0.3) is 0 Å². The fourth-order valence-corrected chi connectivity index (χ4v) is 5.09. The Labute approximate surface area is 139 Å². The van der Waals surface area contributed by atoms with Gasteiger partial charge in [-0.2, -0.15) is 4.31 Å². The Hall–Kier alpha value is -0.140. The van der Waals surface area contributed by atoms with Crippen LogP contribution in [0.5, 0.6) is 0 Å². The highest BCUT2D eigenvalue weighted by atomic mass is 79.9. The highest BCUT2D eigenvalue weighted by Gasteiger charge is 2.32. The van der Waals surface area contributed by atoms with E-state index in [9.17, 15) is 13.5 Å². The lowest BCUT2D eigenvalue weighted by molar-refractivity contribution is 0.199. The second kappa shape index (κ2) is 7.42. The van der Waals surface area contributed by atoms with Gasteiger partial charge in [0.1, 0.15) is 0 Å². The van der Waals surface area contributed by atoms with Crippen molar-refractivity contribution in [1.82, 2.24) is 4.31 Å². The molecule has 0 bridgehead atoms. The second-order valence-corrected chi connectivity index (χ2v) is 8.36. The maximum absolute atomic E-state index is 12.8. The SMILES string of the molecule is O=S(=O)(c1ccc(Cl)c(Br)c1)N(CCO)C1CCCCC1. The summed E-state index contributed by atoms with van der Waals surface area (Å²) in [5.41, 5.74) is 0. The molecule has 0 heterocycles. The third kappa shape index (κ3) is 3.99. The summed E-state index contributed by atoms with van der Waals surface area (Å²) in [6.07, 6.45) is 4.93. The first-order valence-electron chi connectivity index (χ1n) is 7.04. The lowest BCUT2D eigenvalue weighted by Crippen LogP contribution is -2.43. The van der Waals surface area contributed by atoms with Crippen LogP contribution < -0.4 is 0 Å². The summed E-state index contributed by atoms with van der Waals surface area (Å²) in [7, 11) is -3.62. The molecule has 21 heavy (non-hydrogen) atoms. The summed E-state index contributed by atoms with van der Waals surface area (Å²) in [5, 5.41) is 9.71. The van der Waals surface area contributed by atoms with E-state index in [1.807, 2.05) is 0 Å². The summed E-state index contributed by atoms with van der Waals surface area (Å²) < 4.78 is 27.7. The van der Waals surface area contributed by atoms with E-state index in [4.69, 9.17) is 11.6 Å². The van der Waals surface area contributed by atoms with Crippen LogP contribution >= 0.6 is 27.5 Å². The molecular formula is C14H19BrClNO3S. The van der Waals surface area contributed by atoms with Crippen LogP contribution in [-0.4, -0.2) is 37.0 Å². The number of halogens is 2. The standard InChI is InChI=1S/C14H19BrClNO3S/c15-13-10-12(6-7-14(13)16)21(19,20)17(8-9-18)11-4-2-1-3-5-11/h6-7,10-11,18H,1-5,8-9H2. The minimum Gasteiger partial charge on any atom is -0.395 e. The Morgan fingerprint density at radius 2 is 1.95 bits per heavy atom. The Kier molecular flexibility index (Phi) is 6.08. The van der Waals surface area contributed by atoms with Gasteiger partial charge in [-0.3, -0.25) is 0 Å². The highest BCUT2D eigenvalue weighted by molar-refractivity contribution is 9.10. The molecule has 1 aromatic carbocycles. The summed E-state index contributed by atoms with van der Waals surface area (Å²) in [5.74, 6) is 0. The predicted octanol–water partition coefficient (Wildman–Crippen LogP) is 3.42. The van der Waals surface area contributed by atoms with E-state index in [1.54, 1.807) is 6.07 Å². The second-order valence-electron chi connectivity index (χ2n) is 5.21. The minimum absolute atomic E-state index is 0.0228. The van der Waals surface area contributed by atoms with Gasteiger partial charge in [-0.15, -0.1) is 0 Å². The molecule has 2 rings (SSSR count). The number of hydrogen-bond donors (Lipinski definition) is 1. The van der Waals surface area contributed by atoms with Gasteiger partial charge in [0, 0.05) is 17.1 Å².